The number of likely N-dealkylation sites (tertiary alicyclic amines) is 1. The zero-order chi connectivity index (χ0) is 14.9. The molecule has 1 aromatic carbocycles. The Morgan fingerprint density at radius 1 is 1.24 bits per heavy atom. The number of para-hydroxylation sites is 1. The molecule has 2 rings (SSSR count). The fourth-order valence-electron chi connectivity index (χ4n) is 3.17. The predicted octanol–water partition coefficient (Wildman–Crippen LogP) is 3.47. The summed E-state index contributed by atoms with van der Waals surface area (Å²) in [6.07, 6.45) is 6.89. The summed E-state index contributed by atoms with van der Waals surface area (Å²) in [5.41, 5.74) is 0. The Bertz CT molecular complexity index is 380. The molecule has 3 nitrogen and oxygen atoms in total. The van der Waals surface area contributed by atoms with Gasteiger partial charge in [0.15, 0.2) is 0 Å². The van der Waals surface area contributed by atoms with Gasteiger partial charge in [-0.05, 0) is 51.3 Å². The third-order valence-corrected chi connectivity index (χ3v) is 4.21. The van der Waals surface area contributed by atoms with Crippen molar-refractivity contribution in [2.75, 3.05) is 19.7 Å². The summed E-state index contributed by atoms with van der Waals surface area (Å²) in [6.45, 7) is 4.91. The van der Waals surface area contributed by atoms with Crippen LogP contribution in [0.25, 0.3) is 0 Å². The Hall–Kier alpha value is -1.06. The Morgan fingerprint density at radius 3 is 2.81 bits per heavy atom. The van der Waals surface area contributed by atoms with Gasteiger partial charge in [-0.2, -0.15) is 0 Å². The lowest BCUT2D eigenvalue weighted by Crippen LogP contribution is -2.38. The molecule has 2 atom stereocenters. The zero-order valence-electron chi connectivity index (χ0n) is 13.2. The number of aliphatic hydroxyl groups is 1. The molecule has 1 aliphatic rings. The van der Waals surface area contributed by atoms with Crippen LogP contribution in [-0.2, 0) is 0 Å². The minimum atomic E-state index is -0.198. The largest absolute Gasteiger partial charge is 0.494 e. The maximum absolute atomic E-state index is 9.68. The quantitative estimate of drug-likeness (QED) is 0.781. The van der Waals surface area contributed by atoms with E-state index < -0.39 is 0 Å². The molecular weight excluding hydrogens is 262 g/mol. The first-order valence-electron chi connectivity index (χ1n) is 8.35. The Balaban J connectivity index is 1.73. The maximum Gasteiger partial charge on any atom is 0.119 e. The summed E-state index contributed by atoms with van der Waals surface area (Å²) < 4.78 is 5.77. The van der Waals surface area contributed by atoms with Crippen molar-refractivity contribution in [3.63, 3.8) is 0 Å². The molecule has 0 spiro atoms. The third-order valence-electron chi connectivity index (χ3n) is 4.21. The van der Waals surface area contributed by atoms with Gasteiger partial charge in [0.25, 0.3) is 0 Å². The Morgan fingerprint density at radius 2 is 2.05 bits per heavy atom. The molecule has 21 heavy (non-hydrogen) atoms. The van der Waals surface area contributed by atoms with Crippen LogP contribution in [-0.4, -0.2) is 41.8 Å². The van der Waals surface area contributed by atoms with Crippen molar-refractivity contribution in [1.29, 1.82) is 0 Å². The van der Waals surface area contributed by atoms with Gasteiger partial charge in [0, 0.05) is 12.6 Å². The molecular formula is C18H29NO2. The van der Waals surface area contributed by atoms with Crippen LogP contribution >= 0.6 is 0 Å². The third kappa shape index (κ3) is 6.06. The topological polar surface area (TPSA) is 32.7 Å². The first kappa shape index (κ1) is 16.3. The van der Waals surface area contributed by atoms with Gasteiger partial charge in [0.2, 0.25) is 0 Å². The highest BCUT2D eigenvalue weighted by Gasteiger charge is 2.21. The van der Waals surface area contributed by atoms with Crippen molar-refractivity contribution in [1.82, 2.24) is 4.90 Å². The number of aliphatic hydroxyl groups excluding tert-OH is 1. The molecule has 0 saturated carbocycles. The molecule has 0 bridgehead atoms. The predicted molar refractivity (Wildman–Crippen MR) is 86.7 cm³/mol. The van der Waals surface area contributed by atoms with Gasteiger partial charge in [0.05, 0.1) is 12.7 Å². The number of hydrogen-bond acceptors (Lipinski definition) is 3. The van der Waals surface area contributed by atoms with Crippen LogP contribution in [0.3, 0.4) is 0 Å². The van der Waals surface area contributed by atoms with Crippen LogP contribution in [0.15, 0.2) is 30.3 Å². The van der Waals surface area contributed by atoms with Crippen molar-refractivity contribution in [3.8, 4) is 5.75 Å². The number of hydrogen-bond donors (Lipinski definition) is 1. The van der Waals surface area contributed by atoms with E-state index in [2.05, 4.69) is 4.90 Å². The van der Waals surface area contributed by atoms with E-state index in [4.69, 9.17) is 4.74 Å². The first-order chi connectivity index (χ1) is 10.3. The van der Waals surface area contributed by atoms with Crippen LogP contribution in [0.5, 0.6) is 5.75 Å². The van der Waals surface area contributed by atoms with Crippen molar-refractivity contribution >= 4 is 0 Å². The number of ether oxygens (including phenoxy) is 1. The van der Waals surface area contributed by atoms with E-state index >= 15 is 0 Å². The summed E-state index contributed by atoms with van der Waals surface area (Å²) in [5, 5.41) is 9.68. The van der Waals surface area contributed by atoms with Crippen molar-refractivity contribution in [2.24, 2.45) is 0 Å². The van der Waals surface area contributed by atoms with E-state index in [1.807, 2.05) is 37.3 Å². The molecule has 2 unspecified atom stereocenters. The maximum atomic E-state index is 9.68. The van der Waals surface area contributed by atoms with Gasteiger partial charge in [-0.1, -0.05) is 31.0 Å². The Labute approximate surface area is 128 Å². The summed E-state index contributed by atoms with van der Waals surface area (Å²) in [7, 11) is 0. The molecule has 0 radical (unpaired) electrons. The van der Waals surface area contributed by atoms with Gasteiger partial charge in [-0.15, -0.1) is 0 Å². The Kier molecular flexibility index (Phi) is 7.04. The number of benzene rings is 1. The van der Waals surface area contributed by atoms with E-state index in [0.29, 0.717) is 6.04 Å². The summed E-state index contributed by atoms with van der Waals surface area (Å²) in [6, 6.07) is 10.6. The minimum Gasteiger partial charge on any atom is -0.494 e. The molecule has 1 saturated heterocycles. The van der Waals surface area contributed by atoms with Crippen LogP contribution in [0.2, 0.25) is 0 Å². The van der Waals surface area contributed by atoms with E-state index in [1.165, 1.54) is 32.2 Å². The SMILES string of the molecule is CC(O)CC1CCCCCN1CCCOc1ccccc1. The molecule has 0 aromatic heterocycles. The average Bonchev–Trinajstić information content (AvgIpc) is 2.70. The van der Waals surface area contributed by atoms with E-state index in [0.717, 1.165) is 31.7 Å². The number of nitrogens with zero attached hydrogens (tertiary/aromatic N) is 1. The summed E-state index contributed by atoms with van der Waals surface area (Å²) in [4.78, 5) is 2.56. The smallest absolute Gasteiger partial charge is 0.119 e. The lowest BCUT2D eigenvalue weighted by molar-refractivity contribution is 0.108. The molecule has 0 aliphatic carbocycles. The first-order valence-corrected chi connectivity index (χ1v) is 8.35. The zero-order valence-corrected chi connectivity index (χ0v) is 13.2. The summed E-state index contributed by atoms with van der Waals surface area (Å²) >= 11 is 0. The van der Waals surface area contributed by atoms with E-state index in [9.17, 15) is 5.11 Å². The normalized spacial score (nSPS) is 21.7. The second kappa shape index (κ2) is 9.06. The summed E-state index contributed by atoms with van der Waals surface area (Å²) in [5.74, 6) is 0.953. The van der Waals surface area contributed by atoms with Crippen molar-refractivity contribution in [2.45, 2.75) is 57.6 Å². The van der Waals surface area contributed by atoms with Crippen LogP contribution in [0.4, 0.5) is 0 Å². The van der Waals surface area contributed by atoms with E-state index in [1.54, 1.807) is 0 Å². The molecule has 118 valence electrons. The fraction of sp³-hybridized carbons (Fsp3) is 0.667. The van der Waals surface area contributed by atoms with Crippen molar-refractivity contribution < 1.29 is 9.84 Å². The fourth-order valence-corrected chi connectivity index (χ4v) is 3.17. The molecule has 1 aromatic rings. The molecule has 1 fully saturated rings. The van der Waals surface area contributed by atoms with Crippen LogP contribution in [0, 0.1) is 0 Å². The van der Waals surface area contributed by atoms with Gasteiger partial charge >= 0.3 is 0 Å². The van der Waals surface area contributed by atoms with E-state index in [-0.39, 0.29) is 6.10 Å². The van der Waals surface area contributed by atoms with Gasteiger partial charge in [-0.25, -0.2) is 0 Å². The molecule has 1 aliphatic heterocycles. The monoisotopic (exact) mass is 291 g/mol. The van der Waals surface area contributed by atoms with Crippen molar-refractivity contribution in [3.05, 3.63) is 30.3 Å². The standard InChI is InChI=1S/C18H29NO2/c1-16(20)15-17-9-4-3-7-12-19(17)13-8-14-21-18-10-5-2-6-11-18/h2,5-6,10-11,16-17,20H,3-4,7-9,12-15H2,1H3. The number of rotatable bonds is 7. The average molecular weight is 291 g/mol. The lowest BCUT2D eigenvalue weighted by atomic mass is 10.0. The molecule has 0 amide bonds. The molecule has 3 heteroatoms. The highest BCUT2D eigenvalue weighted by Crippen LogP contribution is 2.21. The minimum absolute atomic E-state index is 0.198. The van der Waals surface area contributed by atoms with Crippen LogP contribution in [0.1, 0.15) is 45.4 Å². The molecule has 1 N–H and O–H groups in total. The van der Waals surface area contributed by atoms with Gasteiger partial charge in [-0.3, -0.25) is 0 Å². The highest BCUT2D eigenvalue weighted by molar-refractivity contribution is 5.20. The molecule has 1 heterocycles. The van der Waals surface area contributed by atoms with Gasteiger partial charge in [0.1, 0.15) is 5.75 Å². The highest BCUT2D eigenvalue weighted by atomic mass is 16.5. The second-order valence-electron chi connectivity index (χ2n) is 6.14. The lowest BCUT2D eigenvalue weighted by Gasteiger charge is -2.30. The second-order valence-corrected chi connectivity index (χ2v) is 6.14. The van der Waals surface area contributed by atoms with Gasteiger partial charge < -0.3 is 14.7 Å². The van der Waals surface area contributed by atoms with Crippen LogP contribution < -0.4 is 4.74 Å².